The number of hydrogen-bond acceptors (Lipinski definition) is 8. The Morgan fingerprint density at radius 2 is 0.962 bits per heavy atom. The first kappa shape index (κ1) is 51.9. The van der Waals surface area contributed by atoms with Crippen LogP contribution in [0.5, 0.6) is 0 Å². The molecule has 4 aliphatic rings. The van der Waals surface area contributed by atoms with Crippen molar-refractivity contribution in [2.24, 2.45) is 0 Å². The van der Waals surface area contributed by atoms with E-state index in [1.165, 1.54) is 23.3 Å². The summed E-state index contributed by atoms with van der Waals surface area (Å²) in [6, 6.07) is 29.3. The van der Waals surface area contributed by atoms with Crippen molar-refractivity contribution in [1.29, 1.82) is 0 Å². The van der Waals surface area contributed by atoms with Gasteiger partial charge in [0.05, 0.1) is 47.1 Å². The topological polar surface area (TPSA) is 177 Å². The number of aliphatic carboxylic acids is 2. The fraction of sp³-hybridized carbons (Fsp3) is 0.355. The van der Waals surface area contributed by atoms with E-state index < -0.39 is 23.6 Å². The highest BCUT2D eigenvalue weighted by Gasteiger charge is 2.45. The van der Waals surface area contributed by atoms with Crippen LogP contribution in [0.25, 0.3) is 22.1 Å². The predicted octanol–water partition coefficient (Wildman–Crippen LogP) is 11.4. The summed E-state index contributed by atoms with van der Waals surface area (Å²) in [5, 5.41) is 36.9. The van der Waals surface area contributed by atoms with E-state index in [1.54, 1.807) is 24.3 Å². The van der Waals surface area contributed by atoms with Crippen molar-refractivity contribution in [3.05, 3.63) is 187 Å². The quantitative estimate of drug-likeness (QED) is 0.120. The molecule has 400 valence electrons. The third-order valence-electron chi connectivity index (χ3n) is 17.0. The molecule has 0 saturated carbocycles. The lowest BCUT2D eigenvalue weighted by Crippen LogP contribution is -2.42. The van der Waals surface area contributed by atoms with Crippen LogP contribution < -0.4 is 0 Å². The van der Waals surface area contributed by atoms with Crippen molar-refractivity contribution >= 4 is 45.8 Å². The Morgan fingerprint density at radius 3 is 1.35 bits per heavy atom. The van der Waals surface area contributed by atoms with Crippen LogP contribution in [0.4, 0.5) is 8.78 Å². The van der Waals surface area contributed by atoms with Crippen LogP contribution in [-0.2, 0) is 35.5 Å². The number of carboxylic acids is 2. The third-order valence-corrected chi connectivity index (χ3v) is 17.0. The first-order valence-electron chi connectivity index (χ1n) is 27.0. The van der Waals surface area contributed by atoms with Crippen LogP contribution in [0.1, 0.15) is 164 Å². The minimum atomic E-state index is -0.887. The number of carbonyl (C=O) groups is 4. The van der Waals surface area contributed by atoms with Crippen LogP contribution >= 0.6 is 0 Å². The zero-order chi connectivity index (χ0) is 54.8. The molecule has 2 aromatic heterocycles. The number of aryl methyl sites for hydroxylation is 6. The normalized spacial score (nSPS) is 18.8. The van der Waals surface area contributed by atoms with Crippen LogP contribution in [0.2, 0.25) is 0 Å². The largest absolute Gasteiger partial charge is 0.481 e. The Hall–Kier alpha value is -8.14. The summed E-state index contributed by atoms with van der Waals surface area (Å²) in [4.78, 5) is 55.0. The van der Waals surface area contributed by atoms with Crippen LogP contribution in [0, 0.1) is 39.3 Å². The summed E-state index contributed by atoms with van der Waals surface area (Å²) in [7, 11) is 0. The average molecular weight is 1050 g/mol. The maximum absolute atomic E-state index is 14.7. The van der Waals surface area contributed by atoms with E-state index >= 15 is 0 Å². The van der Waals surface area contributed by atoms with Crippen LogP contribution in [0.15, 0.2) is 97.1 Å². The lowest BCUT2D eigenvalue weighted by atomic mass is 9.82. The Kier molecular flexibility index (Phi) is 13.8. The van der Waals surface area contributed by atoms with Gasteiger partial charge in [-0.1, -0.05) is 82.2 Å². The summed E-state index contributed by atoms with van der Waals surface area (Å²) in [6.07, 6.45) is 4.59. The molecule has 2 saturated heterocycles. The van der Waals surface area contributed by atoms with Crippen molar-refractivity contribution in [2.45, 2.75) is 142 Å². The van der Waals surface area contributed by atoms with E-state index in [2.05, 4.69) is 44.9 Å². The van der Waals surface area contributed by atoms with Gasteiger partial charge in [0.2, 0.25) is 0 Å². The molecule has 4 bridgehead atoms. The van der Waals surface area contributed by atoms with Gasteiger partial charge in [0.15, 0.2) is 0 Å². The molecule has 12 rings (SSSR count). The van der Waals surface area contributed by atoms with E-state index in [0.717, 1.165) is 103 Å². The Balaban J connectivity index is 0.000000165. The number of hydrogen-bond donors (Lipinski definition) is 2. The second kappa shape index (κ2) is 20.7. The molecule has 78 heavy (non-hydrogen) atoms. The average Bonchev–Trinajstić information content (AvgIpc) is 4.35. The Bertz CT molecular complexity index is 3500. The maximum atomic E-state index is 14.7. The highest BCUT2D eigenvalue weighted by Crippen LogP contribution is 2.48. The zero-order valence-corrected chi connectivity index (χ0v) is 44.6. The van der Waals surface area contributed by atoms with Gasteiger partial charge in [-0.15, -0.1) is 10.2 Å². The van der Waals surface area contributed by atoms with Gasteiger partial charge in [-0.2, -0.15) is 0 Å². The molecular weight excluding hydrogens is 991 g/mol. The van der Waals surface area contributed by atoms with Gasteiger partial charge in [-0.3, -0.25) is 19.2 Å². The fourth-order valence-electron chi connectivity index (χ4n) is 13.2. The summed E-state index contributed by atoms with van der Waals surface area (Å²) in [5.41, 5.74) is 15.2. The van der Waals surface area contributed by atoms with Gasteiger partial charge in [0.1, 0.15) is 22.7 Å². The number of nitrogens with zero attached hydrogens (tertiary/aromatic N) is 8. The summed E-state index contributed by atoms with van der Waals surface area (Å²) >= 11 is 0. The molecule has 6 aromatic carbocycles. The van der Waals surface area contributed by atoms with E-state index in [1.807, 2.05) is 97.1 Å². The van der Waals surface area contributed by atoms with E-state index in [4.69, 9.17) is 0 Å². The molecule has 2 amide bonds. The molecule has 6 heterocycles. The van der Waals surface area contributed by atoms with Crippen molar-refractivity contribution in [3.8, 4) is 0 Å². The number of halogens is 2. The van der Waals surface area contributed by atoms with Gasteiger partial charge in [0, 0.05) is 37.0 Å². The molecule has 4 aliphatic heterocycles. The molecule has 2 fully saturated rings. The SMILES string of the molecule is CCn1nnc2c(C)c([C@@H](CC(=O)O)c3ccc4c(c3)[C@H]3CC[C@@H](C4)N3C(=O)c3cc(C)ccc3F)ccc21.CCn1nnc2c(C)c([C@H](CC(=O)O)c3ccc4c(c3)[C@H]3CC[C@@H](C4)N3C(=O)c3cc(C)ccc3F)ccc21. The molecule has 14 nitrogen and oxygen atoms in total. The van der Waals surface area contributed by atoms with E-state index in [9.17, 15) is 38.2 Å². The fourth-order valence-corrected chi connectivity index (χ4v) is 13.2. The number of aromatic nitrogens is 6. The van der Waals surface area contributed by atoms with Crippen molar-refractivity contribution in [2.75, 3.05) is 0 Å². The lowest BCUT2D eigenvalue weighted by molar-refractivity contribution is -0.138. The van der Waals surface area contributed by atoms with Gasteiger partial charge < -0.3 is 20.0 Å². The molecule has 6 atom stereocenters. The standard InChI is InChI=1S/2C31H31FN4O3/c2*1-4-35-28-12-9-22(18(3)30(28)33-34-35)23(16-29(37)38)20-7-6-19-14-21-8-11-27(24(19)15-20)36(21)31(39)25-13-17(2)5-10-26(25)32/h2*5-7,9-10,12-13,15,21,23,27H,4,8,11,14,16H2,1-3H3,(H,37,38)/t21-,23+,27+;21-,23-,27+/m00/s1. The molecule has 0 unspecified atom stereocenters. The van der Waals surface area contributed by atoms with E-state index in [0.29, 0.717) is 25.9 Å². The minimum Gasteiger partial charge on any atom is -0.481 e. The van der Waals surface area contributed by atoms with Crippen LogP contribution in [-0.4, -0.2) is 85.8 Å². The van der Waals surface area contributed by atoms with Gasteiger partial charge in [-0.25, -0.2) is 18.1 Å². The third kappa shape index (κ3) is 9.17. The lowest BCUT2D eigenvalue weighted by Gasteiger charge is -2.37. The first-order chi connectivity index (χ1) is 37.5. The number of amides is 2. The molecule has 0 aliphatic carbocycles. The second-order valence-electron chi connectivity index (χ2n) is 21.6. The van der Waals surface area contributed by atoms with Crippen LogP contribution in [0.3, 0.4) is 0 Å². The summed E-state index contributed by atoms with van der Waals surface area (Å²) < 4.78 is 33.0. The smallest absolute Gasteiger partial charge is 0.304 e. The molecule has 0 radical (unpaired) electrons. The number of carbonyl (C=O) groups excluding carboxylic acids is 2. The highest BCUT2D eigenvalue weighted by atomic mass is 19.1. The summed E-state index contributed by atoms with van der Waals surface area (Å²) in [5.74, 6) is -4.11. The molecule has 0 spiro atoms. The zero-order valence-electron chi connectivity index (χ0n) is 44.6. The molecule has 2 N–H and O–H groups in total. The van der Waals surface area contributed by atoms with Gasteiger partial charge in [0.25, 0.3) is 11.8 Å². The van der Waals surface area contributed by atoms with Gasteiger partial charge >= 0.3 is 11.9 Å². The number of fused-ring (bicyclic) bond motifs is 10. The Morgan fingerprint density at radius 1 is 0.551 bits per heavy atom. The van der Waals surface area contributed by atoms with Crippen molar-refractivity contribution < 1.29 is 38.2 Å². The predicted molar refractivity (Wildman–Crippen MR) is 291 cm³/mol. The number of benzene rings is 6. The van der Waals surface area contributed by atoms with Crippen molar-refractivity contribution in [3.63, 3.8) is 0 Å². The van der Waals surface area contributed by atoms with E-state index in [-0.39, 0.29) is 71.8 Å². The molecule has 8 aromatic rings. The highest BCUT2D eigenvalue weighted by molar-refractivity contribution is 5.96. The van der Waals surface area contributed by atoms with Gasteiger partial charge in [-0.05, 0) is 172 Å². The molecular formula is C62H62F2N8O6. The maximum Gasteiger partial charge on any atom is 0.304 e. The number of carboxylic acid groups (broad SMARTS) is 2. The molecule has 16 heteroatoms. The van der Waals surface area contributed by atoms with Crippen molar-refractivity contribution in [1.82, 2.24) is 39.8 Å². The monoisotopic (exact) mass is 1050 g/mol. The summed E-state index contributed by atoms with van der Waals surface area (Å²) in [6.45, 7) is 13.1. The second-order valence-corrected chi connectivity index (χ2v) is 21.6. The first-order valence-corrected chi connectivity index (χ1v) is 27.0. The number of rotatable bonds is 12. The minimum absolute atomic E-state index is 0.0291. The Labute approximate surface area is 450 Å².